The van der Waals surface area contributed by atoms with Crippen molar-refractivity contribution in [3.05, 3.63) is 52.5 Å². The Hall–Kier alpha value is -3.26. The highest BCUT2D eigenvalue weighted by atomic mass is 35.5. The third-order valence-electron chi connectivity index (χ3n) is 4.74. The minimum absolute atomic E-state index is 0.113. The summed E-state index contributed by atoms with van der Waals surface area (Å²) >= 11 is 6.23. The summed E-state index contributed by atoms with van der Waals surface area (Å²) in [6, 6.07) is 10.0. The Balaban J connectivity index is 1.52. The molecule has 1 unspecified atom stereocenters. The van der Waals surface area contributed by atoms with E-state index in [2.05, 4.69) is 10.6 Å². The molecule has 3 amide bonds. The maximum atomic E-state index is 12.8. The lowest BCUT2D eigenvalue weighted by Crippen LogP contribution is -2.29. The van der Waals surface area contributed by atoms with E-state index in [1.54, 1.807) is 4.90 Å². The molecule has 2 heterocycles. The lowest BCUT2D eigenvalue weighted by atomic mass is 10.1. The zero-order chi connectivity index (χ0) is 20.5. The number of hydrogen-bond donors (Lipinski definition) is 2. The number of nitrogens with one attached hydrogen (secondary N) is 2. The average molecular weight is 416 g/mol. The molecule has 0 aliphatic carbocycles. The van der Waals surface area contributed by atoms with Crippen molar-refractivity contribution in [2.75, 3.05) is 30.0 Å². The molecule has 29 heavy (non-hydrogen) atoms. The van der Waals surface area contributed by atoms with Gasteiger partial charge in [0.1, 0.15) is 12.4 Å². The van der Waals surface area contributed by atoms with E-state index in [0.717, 1.165) is 5.56 Å². The summed E-state index contributed by atoms with van der Waals surface area (Å²) in [7, 11) is 0. The highest BCUT2D eigenvalue weighted by molar-refractivity contribution is 6.34. The predicted molar refractivity (Wildman–Crippen MR) is 107 cm³/mol. The largest absolute Gasteiger partial charge is 0.482 e. The molecule has 9 heteroatoms. The molecule has 0 spiro atoms. The maximum absolute atomic E-state index is 12.8. The fraction of sp³-hybridized carbons (Fsp3) is 0.250. The van der Waals surface area contributed by atoms with Gasteiger partial charge in [0, 0.05) is 5.69 Å². The van der Waals surface area contributed by atoms with Crippen LogP contribution in [-0.4, -0.2) is 37.7 Å². The van der Waals surface area contributed by atoms with Crippen LogP contribution in [0.1, 0.15) is 28.9 Å². The average Bonchev–Trinajstić information content (AvgIpc) is 3.13. The standard InChI is InChI=1S/C20H18ClN3O5/c1-11(12-3-2-4-13(7-12)24-5-6-28-20(24)27)22-19(26)14-8-17-16(9-15(14)21)23-18(25)10-29-17/h2-4,7-9,11H,5-6,10H2,1H3,(H,22,26)(H,23,25). The van der Waals surface area contributed by atoms with Crippen LogP contribution in [0.3, 0.4) is 0 Å². The van der Waals surface area contributed by atoms with Crippen LogP contribution in [0, 0.1) is 0 Å². The van der Waals surface area contributed by atoms with Crippen LogP contribution in [0.4, 0.5) is 16.2 Å². The van der Waals surface area contributed by atoms with Crippen molar-refractivity contribution in [3.63, 3.8) is 0 Å². The van der Waals surface area contributed by atoms with Gasteiger partial charge in [-0.1, -0.05) is 23.7 Å². The summed E-state index contributed by atoms with van der Waals surface area (Å²) < 4.78 is 10.3. The molecule has 2 aromatic carbocycles. The summed E-state index contributed by atoms with van der Waals surface area (Å²) in [6.45, 7) is 2.57. The number of rotatable bonds is 4. The number of carbonyl (C=O) groups excluding carboxylic acids is 3. The summed E-state index contributed by atoms with van der Waals surface area (Å²) in [5, 5.41) is 5.75. The third-order valence-corrected chi connectivity index (χ3v) is 5.05. The SMILES string of the molecule is CC(NC(=O)c1cc2c(cc1Cl)NC(=O)CO2)c1cccc(N2CCOC2=O)c1. The first-order valence-electron chi connectivity index (χ1n) is 9.03. The molecule has 2 aromatic rings. The van der Waals surface area contributed by atoms with Crippen molar-refractivity contribution in [1.29, 1.82) is 0 Å². The summed E-state index contributed by atoms with van der Waals surface area (Å²) in [4.78, 5) is 37.5. The molecular formula is C20H18ClN3O5. The maximum Gasteiger partial charge on any atom is 0.414 e. The molecule has 1 atom stereocenters. The normalized spacial score (nSPS) is 16.4. The van der Waals surface area contributed by atoms with Gasteiger partial charge >= 0.3 is 6.09 Å². The Kier molecular flexibility index (Phi) is 5.02. The van der Waals surface area contributed by atoms with Gasteiger partial charge in [-0.25, -0.2) is 4.79 Å². The van der Waals surface area contributed by atoms with Crippen molar-refractivity contribution in [2.45, 2.75) is 13.0 Å². The number of cyclic esters (lactones) is 1. The van der Waals surface area contributed by atoms with Crippen LogP contribution in [0.2, 0.25) is 5.02 Å². The van der Waals surface area contributed by atoms with Crippen molar-refractivity contribution in [3.8, 4) is 5.75 Å². The van der Waals surface area contributed by atoms with Gasteiger partial charge in [0.25, 0.3) is 11.8 Å². The molecule has 8 nitrogen and oxygen atoms in total. The zero-order valence-electron chi connectivity index (χ0n) is 15.5. The Labute approximate surface area is 171 Å². The molecule has 2 N–H and O–H groups in total. The van der Waals surface area contributed by atoms with Crippen LogP contribution in [0.15, 0.2) is 36.4 Å². The fourth-order valence-corrected chi connectivity index (χ4v) is 3.47. The Morgan fingerprint density at radius 3 is 2.83 bits per heavy atom. The van der Waals surface area contributed by atoms with Crippen molar-refractivity contribution in [1.82, 2.24) is 5.32 Å². The van der Waals surface area contributed by atoms with Gasteiger partial charge in [0.2, 0.25) is 0 Å². The summed E-state index contributed by atoms with van der Waals surface area (Å²) in [5.74, 6) is -0.265. The summed E-state index contributed by atoms with van der Waals surface area (Å²) in [5.41, 5.74) is 2.21. The van der Waals surface area contributed by atoms with Gasteiger partial charge in [-0.2, -0.15) is 0 Å². The van der Waals surface area contributed by atoms with E-state index in [0.29, 0.717) is 30.3 Å². The first-order chi connectivity index (χ1) is 13.9. The molecule has 2 aliphatic heterocycles. The number of hydrogen-bond acceptors (Lipinski definition) is 5. The number of fused-ring (bicyclic) bond motifs is 1. The molecular weight excluding hydrogens is 398 g/mol. The van der Waals surface area contributed by atoms with Gasteiger partial charge in [0.05, 0.1) is 28.9 Å². The van der Waals surface area contributed by atoms with Crippen LogP contribution in [-0.2, 0) is 9.53 Å². The number of benzene rings is 2. The van der Waals surface area contributed by atoms with Gasteiger partial charge in [-0.3, -0.25) is 14.5 Å². The molecule has 2 aliphatic rings. The first-order valence-corrected chi connectivity index (χ1v) is 9.41. The molecule has 1 saturated heterocycles. The number of halogens is 1. The monoisotopic (exact) mass is 415 g/mol. The second kappa shape index (κ2) is 7.63. The third kappa shape index (κ3) is 3.84. The molecule has 0 aromatic heterocycles. The first kappa shape index (κ1) is 19.1. The second-order valence-electron chi connectivity index (χ2n) is 6.72. The Morgan fingerprint density at radius 1 is 1.24 bits per heavy atom. The number of nitrogens with zero attached hydrogens (tertiary/aromatic N) is 1. The lowest BCUT2D eigenvalue weighted by molar-refractivity contribution is -0.118. The molecule has 1 fully saturated rings. The van der Waals surface area contributed by atoms with E-state index < -0.39 is 0 Å². The van der Waals surface area contributed by atoms with Crippen LogP contribution in [0.5, 0.6) is 5.75 Å². The quantitative estimate of drug-likeness (QED) is 0.799. The summed E-state index contributed by atoms with van der Waals surface area (Å²) in [6.07, 6.45) is -0.383. The minimum atomic E-state index is -0.383. The highest BCUT2D eigenvalue weighted by Gasteiger charge is 2.25. The van der Waals surface area contributed by atoms with Crippen LogP contribution >= 0.6 is 11.6 Å². The van der Waals surface area contributed by atoms with Crippen molar-refractivity contribution < 1.29 is 23.9 Å². The van der Waals surface area contributed by atoms with E-state index in [9.17, 15) is 14.4 Å². The smallest absolute Gasteiger partial charge is 0.414 e. The number of ether oxygens (including phenoxy) is 2. The molecule has 150 valence electrons. The highest BCUT2D eigenvalue weighted by Crippen LogP contribution is 2.34. The van der Waals surface area contributed by atoms with E-state index in [1.165, 1.54) is 12.1 Å². The van der Waals surface area contributed by atoms with Crippen molar-refractivity contribution >= 4 is 40.9 Å². The van der Waals surface area contributed by atoms with Crippen LogP contribution < -0.4 is 20.3 Å². The molecule has 4 rings (SSSR count). The van der Waals surface area contributed by atoms with E-state index in [4.69, 9.17) is 21.1 Å². The Morgan fingerprint density at radius 2 is 2.07 bits per heavy atom. The molecule has 0 bridgehead atoms. The predicted octanol–water partition coefficient (Wildman–Crippen LogP) is 3.12. The Bertz CT molecular complexity index is 1010. The second-order valence-corrected chi connectivity index (χ2v) is 7.13. The van der Waals surface area contributed by atoms with Gasteiger partial charge in [0.15, 0.2) is 6.61 Å². The van der Waals surface area contributed by atoms with Gasteiger partial charge < -0.3 is 20.1 Å². The van der Waals surface area contributed by atoms with Crippen molar-refractivity contribution in [2.24, 2.45) is 0 Å². The van der Waals surface area contributed by atoms with Gasteiger partial charge in [-0.15, -0.1) is 0 Å². The number of carbonyl (C=O) groups is 3. The van der Waals surface area contributed by atoms with Gasteiger partial charge in [-0.05, 0) is 36.8 Å². The number of anilines is 2. The molecule has 0 radical (unpaired) electrons. The minimum Gasteiger partial charge on any atom is -0.482 e. The zero-order valence-corrected chi connectivity index (χ0v) is 16.3. The fourth-order valence-electron chi connectivity index (χ4n) is 3.22. The number of amides is 3. The lowest BCUT2D eigenvalue weighted by Gasteiger charge is -2.21. The van der Waals surface area contributed by atoms with E-state index in [-0.39, 0.29) is 41.1 Å². The topological polar surface area (TPSA) is 97.0 Å². The molecule has 0 saturated carbocycles. The van der Waals surface area contributed by atoms with E-state index in [1.807, 2.05) is 31.2 Å². The van der Waals surface area contributed by atoms with Crippen LogP contribution in [0.25, 0.3) is 0 Å². The van der Waals surface area contributed by atoms with E-state index >= 15 is 0 Å².